The molecule has 0 spiro atoms. The first-order valence-corrected chi connectivity index (χ1v) is 9.44. The molecule has 0 fully saturated rings. The van der Waals surface area contributed by atoms with Crippen molar-refractivity contribution in [2.75, 3.05) is 16.4 Å². The molecule has 0 aliphatic heterocycles. The van der Waals surface area contributed by atoms with Crippen molar-refractivity contribution in [3.63, 3.8) is 0 Å². The molecule has 0 unspecified atom stereocenters. The lowest BCUT2D eigenvalue weighted by atomic mass is 10.1. The van der Waals surface area contributed by atoms with Crippen molar-refractivity contribution in [2.24, 2.45) is 0 Å². The number of rotatable bonds is 6. The number of carbonyl (C=O) groups excluding carboxylic acids is 2. The number of nitrogens with one attached hydrogen (secondary N) is 2. The quantitative estimate of drug-likeness (QED) is 0.828. The predicted molar refractivity (Wildman–Crippen MR) is 97.2 cm³/mol. The first kappa shape index (κ1) is 18.7. The van der Waals surface area contributed by atoms with Crippen molar-refractivity contribution in [3.05, 3.63) is 54.1 Å². The van der Waals surface area contributed by atoms with Crippen LogP contribution in [0.25, 0.3) is 0 Å². The molecule has 7 heteroatoms. The minimum Gasteiger partial charge on any atom is -0.326 e. The topological polar surface area (TPSA) is 92.3 Å². The molecule has 0 bridgehead atoms. The van der Waals surface area contributed by atoms with E-state index in [1.54, 1.807) is 43.3 Å². The maximum absolute atomic E-state index is 12.1. The standard InChI is InChI=1S/C18H20N2O4S/c1-3-25(23,24)17-10-8-16(9-11-17)20-18(22)12-14-4-6-15(7-5-14)19-13(2)21/h4-11H,3,12H2,1-2H3,(H,19,21)(H,20,22). The number of benzene rings is 2. The van der Waals surface area contributed by atoms with Gasteiger partial charge in [-0.2, -0.15) is 0 Å². The molecule has 2 rings (SSSR count). The van der Waals surface area contributed by atoms with Crippen molar-refractivity contribution in [1.82, 2.24) is 0 Å². The average molecular weight is 360 g/mol. The maximum atomic E-state index is 12.1. The number of hydrogen-bond donors (Lipinski definition) is 2. The normalized spacial score (nSPS) is 11.0. The molecule has 0 atom stereocenters. The molecule has 0 aromatic heterocycles. The van der Waals surface area contributed by atoms with Gasteiger partial charge >= 0.3 is 0 Å². The molecular formula is C18H20N2O4S. The molecule has 2 amide bonds. The molecule has 132 valence electrons. The first-order chi connectivity index (χ1) is 11.8. The van der Waals surface area contributed by atoms with Crippen molar-refractivity contribution in [1.29, 1.82) is 0 Å². The number of carbonyl (C=O) groups is 2. The molecule has 25 heavy (non-hydrogen) atoms. The highest BCUT2D eigenvalue weighted by Gasteiger charge is 2.11. The van der Waals surface area contributed by atoms with Crippen LogP contribution in [0.5, 0.6) is 0 Å². The third-order valence-electron chi connectivity index (χ3n) is 3.52. The van der Waals surface area contributed by atoms with E-state index in [9.17, 15) is 18.0 Å². The van der Waals surface area contributed by atoms with Crippen molar-refractivity contribution in [2.45, 2.75) is 25.2 Å². The van der Waals surface area contributed by atoms with Gasteiger partial charge in [-0.1, -0.05) is 19.1 Å². The van der Waals surface area contributed by atoms with Gasteiger partial charge in [0.05, 0.1) is 17.1 Å². The second-order valence-corrected chi connectivity index (χ2v) is 7.81. The second kappa shape index (κ2) is 7.94. The maximum Gasteiger partial charge on any atom is 0.228 e. The second-order valence-electron chi connectivity index (χ2n) is 5.53. The van der Waals surface area contributed by atoms with Gasteiger partial charge in [0.1, 0.15) is 0 Å². The smallest absolute Gasteiger partial charge is 0.228 e. The van der Waals surface area contributed by atoms with Crippen LogP contribution >= 0.6 is 0 Å². The zero-order chi connectivity index (χ0) is 18.4. The minimum absolute atomic E-state index is 0.0349. The zero-order valence-corrected chi connectivity index (χ0v) is 14.9. The molecule has 0 aliphatic carbocycles. The molecule has 0 heterocycles. The predicted octanol–water partition coefficient (Wildman–Crippen LogP) is 2.62. The Balaban J connectivity index is 1.97. The summed E-state index contributed by atoms with van der Waals surface area (Å²) in [5.41, 5.74) is 2.01. The van der Waals surface area contributed by atoms with E-state index in [1.165, 1.54) is 19.1 Å². The molecule has 0 radical (unpaired) electrons. The van der Waals surface area contributed by atoms with Gasteiger partial charge in [-0.25, -0.2) is 8.42 Å². The monoisotopic (exact) mass is 360 g/mol. The molecule has 6 nitrogen and oxygen atoms in total. The average Bonchev–Trinajstić information content (AvgIpc) is 2.56. The summed E-state index contributed by atoms with van der Waals surface area (Å²) in [5, 5.41) is 5.39. The van der Waals surface area contributed by atoms with Gasteiger partial charge in [0.2, 0.25) is 11.8 Å². The van der Waals surface area contributed by atoms with Crippen LogP contribution < -0.4 is 10.6 Å². The number of amides is 2. The Bertz CT molecular complexity index is 857. The molecule has 0 aliphatic rings. The number of hydrogen-bond acceptors (Lipinski definition) is 4. The number of sulfone groups is 1. The lowest BCUT2D eigenvalue weighted by molar-refractivity contribution is -0.116. The van der Waals surface area contributed by atoms with Crippen LogP contribution in [0.2, 0.25) is 0 Å². The van der Waals surface area contributed by atoms with Gasteiger partial charge in [0, 0.05) is 18.3 Å². The van der Waals surface area contributed by atoms with E-state index in [1.807, 2.05) is 0 Å². The summed E-state index contributed by atoms with van der Waals surface area (Å²) in [7, 11) is -3.25. The van der Waals surface area contributed by atoms with Crippen molar-refractivity contribution in [3.8, 4) is 0 Å². The Hall–Kier alpha value is -2.67. The lowest BCUT2D eigenvalue weighted by Gasteiger charge is -2.08. The van der Waals surface area contributed by atoms with Gasteiger partial charge in [-0.15, -0.1) is 0 Å². The van der Waals surface area contributed by atoms with Gasteiger partial charge in [-0.3, -0.25) is 9.59 Å². The molecule has 2 N–H and O–H groups in total. The highest BCUT2D eigenvalue weighted by atomic mass is 32.2. The van der Waals surface area contributed by atoms with E-state index in [0.717, 1.165) is 5.56 Å². The van der Waals surface area contributed by atoms with Gasteiger partial charge < -0.3 is 10.6 Å². The Morgan fingerprint density at radius 1 is 0.880 bits per heavy atom. The summed E-state index contributed by atoms with van der Waals surface area (Å²) in [6.07, 6.45) is 0.176. The van der Waals surface area contributed by atoms with Crippen LogP contribution in [-0.2, 0) is 25.8 Å². The fraction of sp³-hybridized carbons (Fsp3) is 0.222. The molecule has 0 saturated carbocycles. The van der Waals surface area contributed by atoms with Gasteiger partial charge in [0.25, 0.3) is 0 Å². The fourth-order valence-electron chi connectivity index (χ4n) is 2.21. The van der Waals surface area contributed by atoms with E-state index >= 15 is 0 Å². The summed E-state index contributed by atoms with van der Waals surface area (Å²) in [4.78, 5) is 23.3. The van der Waals surface area contributed by atoms with E-state index < -0.39 is 9.84 Å². The highest BCUT2D eigenvalue weighted by Crippen LogP contribution is 2.16. The van der Waals surface area contributed by atoms with Crippen LogP contribution in [0.4, 0.5) is 11.4 Å². The summed E-state index contributed by atoms with van der Waals surface area (Å²) in [6.45, 7) is 3.01. The van der Waals surface area contributed by atoms with Crippen LogP contribution in [0, 0.1) is 0 Å². The van der Waals surface area contributed by atoms with E-state index in [-0.39, 0.29) is 28.9 Å². The summed E-state index contributed by atoms with van der Waals surface area (Å²) < 4.78 is 23.5. The summed E-state index contributed by atoms with van der Waals surface area (Å²) in [5.74, 6) is -0.329. The molecular weight excluding hydrogens is 340 g/mol. The first-order valence-electron chi connectivity index (χ1n) is 7.79. The summed E-state index contributed by atoms with van der Waals surface area (Å²) >= 11 is 0. The fourth-order valence-corrected chi connectivity index (χ4v) is 3.10. The van der Waals surface area contributed by atoms with Crippen molar-refractivity contribution >= 4 is 33.0 Å². The third kappa shape index (κ3) is 5.42. The minimum atomic E-state index is -3.25. The zero-order valence-electron chi connectivity index (χ0n) is 14.1. The van der Waals surface area contributed by atoms with Crippen LogP contribution in [-0.4, -0.2) is 26.0 Å². The summed E-state index contributed by atoms with van der Waals surface area (Å²) in [6, 6.07) is 13.1. The van der Waals surface area contributed by atoms with E-state index in [0.29, 0.717) is 11.4 Å². The highest BCUT2D eigenvalue weighted by molar-refractivity contribution is 7.91. The Morgan fingerprint density at radius 2 is 1.40 bits per heavy atom. The Morgan fingerprint density at radius 3 is 1.92 bits per heavy atom. The van der Waals surface area contributed by atoms with E-state index in [2.05, 4.69) is 10.6 Å². The van der Waals surface area contributed by atoms with Gasteiger partial charge in [0.15, 0.2) is 9.84 Å². The molecule has 0 saturated heterocycles. The lowest BCUT2D eigenvalue weighted by Crippen LogP contribution is -2.14. The van der Waals surface area contributed by atoms with Gasteiger partial charge in [-0.05, 0) is 42.0 Å². The van der Waals surface area contributed by atoms with Crippen LogP contribution in [0.1, 0.15) is 19.4 Å². The van der Waals surface area contributed by atoms with Crippen molar-refractivity contribution < 1.29 is 18.0 Å². The Labute approximate surface area is 147 Å². The van der Waals surface area contributed by atoms with E-state index in [4.69, 9.17) is 0 Å². The van der Waals surface area contributed by atoms with Crippen LogP contribution in [0.15, 0.2) is 53.4 Å². The Kier molecular flexibility index (Phi) is 5.93. The molecule has 2 aromatic rings. The molecule has 2 aromatic carbocycles. The third-order valence-corrected chi connectivity index (χ3v) is 5.27. The van der Waals surface area contributed by atoms with Crippen LogP contribution in [0.3, 0.4) is 0 Å². The number of anilines is 2. The largest absolute Gasteiger partial charge is 0.326 e. The SMILES string of the molecule is CCS(=O)(=O)c1ccc(NC(=O)Cc2ccc(NC(C)=O)cc2)cc1.